The Hall–Kier alpha value is -1.32. The number of carboxylic acid groups (broad SMARTS) is 1. The monoisotopic (exact) mass is 279 g/mol. The van der Waals surface area contributed by atoms with Gasteiger partial charge in [0, 0.05) is 13.1 Å². The van der Waals surface area contributed by atoms with Crippen LogP contribution in [0.4, 0.5) is 0 Å². The van der Waals surface area contributed by atoms with Gasteiger partial charge < -0.3 is 10.0 Å². The topological polar surface area (TPSA) is 57.6 Å². The highest BCUT2D eigenvalue weighted by Crippen LogP contribution is 2.38. The largest absolute Gasteiger partial charge is 0.481 e. The van der Waals surface area contributed by atoms with Crippen LogP contribution in [0.1, 0.15) is 46.0 Å². The first-order valence-electron chi connectivity index (χ1n) is 7.69. The number of allylic oxidation sites excluding steroid dienone is 2. The Labute approximate surface area is 120 Å². The lowest BCUT2D eigenvalue weighted by Gasteiger charge is -2.30. The number of likely N-dealkylation sites (tertiary alicyclic amines) is 1. The van der Waals surface area contributed by atoms with Crippen molar-refractivity contribution in [2.75, 3.05) is 13.1 Å². The highest BCUT2D eigenvalue weighted by atomic mass is 16.4. The molecule has 1 amide bonds. The van der Waals surface area contributed by atoms with E-state index < -0.39 is 11.9 Å². The van der Waals surface area contributed by atoms with Gasteiger partial charge in [0.25, 0.3) is 0 Å². The molecule has 0 radical (unpaired) electrons. The van der Waals surface area contributed by atoms with Crippen LogP contribution in [-0.4, -0.2) is 35.0 Å². The number of hydrogen-bond donors (Lipinski definition) is 1. The maximum atomic E-state index is 12.7. The summed E-state index contributed by atoms with van der Waals surface area (Å²) in [5, 5.41) is 9.29. The van der Waals surface area contributed by atoms with Crippen LogP contribution in [0.25, 0.3) is 0 Å². The lowest BCUT2D eigenvalue weighted by atomic mass is 9.81. The average Bonchev–Trinajstić information content (AvgIpc) is 2.91. The molecular weight excluding hydrogens is 254 g/mol. The van der Waals surface area contributed by atoms with Crippen molar-refractivity contribution in [1.82, 2.24) is 4.90 Å². The summed E-state index contributed by atoms with van der Waals surface area (Å²) < 4.78 is 0. The van der Waals surface area contributed by atoms with E-state index in [9.17, 15) is 14.7 Å². The minimum atomic E-state index is -0.843. The van der Waals surface area contributed by atoms with Crippen molar-refractivity contribution in [2.24, 2.45) is 17.3 Å². The van der Waals surface area contributed by atoms with Gasteiger partial charge in [-0.05, 0) is 37.5 Å². The zero-order chi connectivity index (χ0) is 14.8. The third-order valence-corrected chi connectivity index (χ3v) is 5.32. The van der Waals surface area contributed by atoms with Crippen molar-refractivity contribution in [3.05, 3.63) is 12.2 Å². The van der Waals surface area contributed by atoms with E-state index in [1.165, 1.54) is 0 Å². The highest BCUT2D eigenvalue weighted by molar-refractivity contribution is 5.85. The molecule has 1 saturated heterocycles. The third kappa shape index (κ3) is 2.74. The van der Waals surface area contributed by atoms with Crippen molar-refractivity contribution in [2.45, 2.75) is 46.0 Å². The zero-order valence-corrected chi connectivity index (χ0v) is 12.5. The molecule has 0 bridgehead atoms. The van der Waals surface area contributed by atoms with Gasteiger partial charge in [-0.15, -0.1) is 0 Å². The summed E-state index contributed by atoms with van der Waals surface area (Å²) in [6, 6.07) is 0. The number of carbonyl (C=O) groups is 2. The second-order valence-corrected chi connectivity index (χ2v) is 6.21. The van der Waals surface area contributed by atoms with Crippen LogP contribution in [0, 0.1) is 17.3 Å². The number of nitrogens with zero attached hydrogens (tertiary/aromatic N) is 1. The number of amides is 1. The molecule has 2 rings (SSSR count). The number of carbonyl (C=O) groups excluding carboxylic acids is 1. The van der Waals surface area contributed by atoms with Crippen LogP contribution in [-0.2, 0) is 9.59 Å². The molecule has 0 saturated carbocycles. The van der Waals surface area contributed by atoms with Gasteiger partial charge >= 0.3 is 5.97 Å². The summed E-state index contributed by atoms with van der Waals surface area (Å²) in [6.45, 7) is 5.94. The predicted molar refractivity (Wildman–Crippen MR) is 77.2 cm³/mol. The Morgan fingerprint density at radius 3 is 2.30 bits per heavy atom. The Kier molecular flexibility index (Phi) is 4.51. The molecule has 0 aromatic heterocycles. The molecule has 4 nitrogen and oxygen atoms in total. The van der Waals surface area contributed by atoms with E-state index >= 15 is 0 Å². The van der Waals surface area contributed by atoms with Gasteiger partial charge in [-0.3, -0.25) is 9.59 Å². The molecule has 1 aliphatic carbocycles. The van der Waals surface area contributed by atoms with Gasteiger partial charge in [-0.1, -0.05) is 26.0 Å². The van der Waals surface area contributed by atoms with E-state index in [4.69, 9.17) is 0 Å². The van der Waals surface area contributed by atoms with E-state index in [0.29, 0.717) is 12.8 Å². The maximum absolute atomic E-state index is 12.7. The fourth-order valence-electron chi connectivity index (χ4n) is 3.54. The molecule has 0 aromatic carbocycles. The van der Waals surface area contributed by atoms with Gasteiger partial charge in [-0.2, -0.15) is 0 Å². The molecule has 0 aromatic rings. The van der Waals surface area contributed by atoms with Crippen molar-refractivity contribution < 1.29 is 14.7 Å². The van der Waals surface area contributed by atoms with Crippen LogP contribution in [0.15, 0.2) is 12.2 Å². The SMILES string of the molecule is CCC1(CC)CCN(C(=O)C2CC=CCC2C(=O)O)C1. The van der Waals surface area contributed by atoms with E-state index in [-0.39, 0.29) is 17.2 Å². The van der Waals surface area contributed by atoms with Gasteiger partial charge in [0.2, 0.25) is 5.91 Å². The Morgan fingerprint density at radius 2 is 1.80 bits per heavy atom. The van der Waals surface area contributed by atoms with Crippen LogP contribution < -0.4 is 0 Å². The van der Waals surface area contributed by atoms with E-state index in [0.717, 1.165) is 32.4 Å². The summed E-state index contributed by atoms with van der Waals surface area (Å²) in [6.07, 6.45) is 8.09. The van der Waals surface area contributed by atoms with E-state index in [2.05, 4.69) is 13.8 Å². The second kappa shape index (κ2) is 5.98. The van der Waals surface area contributed by atoms with Gasteiger partial charge in [-0.25, -0.2) is 0 Å². The predicted octanol–water partition coefficient (Wildman–Crippen LogP) is 2.69. The first-order chi connectivity index (χ1) is 9.53. The molecule has 1 heterocycles. The van der Waals surface area contributed by atoms with E-state index in [1.54, 1.807) is 0 Å². The Balaban J connectivity index is 2.08. The van der Waals surface area contributed by atoms with Gasteiger partial charge in [0.15, 0.2) is 0 Å². The van der Waals surface area contributed by atoms with Crippen molar-refractivity contribution in [3.8, 4) is 0 Å². The standard InChI is InChI=1S/C16H25NO3/c1-3-16(4-2)9-10-17(11-16)14(18)12-7-5-6-8-13(12)15(19)20/h5-6,12-13H,3-4,7-11H2,1-2H3,(H,19,20). The molecule has 1 fully saturated rings. The number of carboxylic acids is 1. The summed E-state index contributed by atoms with van der Waals surface area (Å²) in [7, 11) is 0. The summed E-state index contributed by atoms with van der Waals surface area (Å²) in [5.74, 6) is -1.72. The first kappa shape index (κ1) is 15.1. The lowest BCUT2D eigenvalue weighted by molar-refractivity contribution is -0.150. The van der Waals surface area contributed by atoms with Crippen LogP contribution in [0.2, 0.25) is 0 Å². The van der Waals surface area contributed by atoms with Gasteiger partial charge in [0.1, 0.15) is 0 Å². The van der Waals surface area contributed by atoms with Crippen molar-refractivity contribution in [3.63, 3.8) is 0 Å². The molecule has 2 unspecified atom stereocenters. The third-order valence-electron chi connectivity index (χ3n) is 5.32. The number of hydrogen-bond acceptors (Lipinski definition) is 2. The first-order valence-corrected chi connectivity index (χ1v) is 7.69. The smallest absolute Gasteiger partial charge is 0.307 e. The molecule has 112 valence electrons. The molecule has 2 aliphatic rings. The highest BCUT2D eigenvalue weighted by Gasteiger charge is 2.42. The minimum Gasteiger partial charge on any atom is -0.481 e. The van der Waals surface area contributed by atoms with Gasteiger partial charge in [0.05, 0.1) is 11.8 Å². The average molecular weight is 279 g/mol. The molecular formula is C16H25NO3. The van der Waals surface area contributed by atoms with Crippen LogP contribution in [0.5, 0.6) is 0 Å². The fraction of sp³-hybridized carbons (Fsp3) is 0.750. The minimum absolute atomic E-state index is 0.0468. The Morgan fingerprint density at radius 1 is 1.20 bits per heavy atom. The molecule has 0 spiro atoms. The fourth-order valence-corrected chi connectivity index (χ4v) is 3.54. The van der Waals surface area contributed by atoms with E-state index in [1.807, 2.05) is 17.1 Å². The zero-order valence-electron chi connectivity index (χ0n) is 12.5. The normalized spacial score (nSPS) is 28.6. The van der Waals surface area contributed by atoms with Crippen molar-refractivity contribution in [1.29, 1.82) is 0 Å². The second-order valence-electron chi connectivity index (χ2n) is 6.21. The molecule has 1 aliphatic heterocycles. The summed E-state index contributed by atoms with van der Waals surface area (Å²) in [4.78, 5) is 25.9. The molecule has 1 N–H and O–H groups in total. The number of rotatable bonds is 4. The summed E-state index contributed by atoms with van der Waals surface area (Å²) in [5.41, 5.74) is 0.249. The molecule has 2 atom stereocenters. The van der Waals surface area contributed by atoms with Crippen LogP contribution in [0.3, 0.4) is 0 Å². The molecule has 4 heteroatoms. The van der Waals surface area contributed by atoms with Crippen LogP contribution >= 0.6 is 0 Å². The summed E-state index contributed by atoms with van der Waals surface area (Å²) >= 11 is 0. The Bertz CT molecular complexity index is 412. The lowest BCUT2D eigenvalue weighted by Crippen LogP contribution is -2.41. The quantitative estimate of drug-likeness (QED) is 0.805. The van der Waals surface area contributed by atoms with Crippen molar-refractivity contribution >= 4 is 11.9 Å². The maximum Gasteiger partial charge on any atom is 0.307 e. The number of aliphatic carboxylic acids is 1. The molecule has 20 heavy (non-hydrogen) atoms.